The summed E-state index contributed by atoms with van der Waals surface area (Å²) in [6.07, 6.45) is 2.20. The topological polar surface area (TPSA) is 69.5 Å². The number of pyridine rings is 1. The number of aromatic nitrogens is 1. The van der Waals surface area contributed by atoms with Gasteiger partial charge in [-0.25, -0.2) is 4.99 Å². The van der Waals surface area contributed by atoms with Gasteiger partial charge in [-0.2, -0.15) is 0 Å². The Morgan fingerprint density at radius 1 is 1.13 bits per heavy atom. The average Bonchev–Trinajstić information content (AvgIpc) is 2.58. The fraction of sp³-hybridized carbons (Fsp3) is 0.333. The highest BCUT2D eigenvalue weighted by atomic mass is 16.3. The van der Waals surface area contributed by atoms with Crippen molar-refractivity contribution in [1.29, 1.82) is 0 Å². The summed E-state index contributed by atoms with van der Waals surface area (Å²) in [6, 6.07) is 16.0. The molecule has 2 aromatic rings. The van der Waals surface area contributed by atoms with Crippen molar-refractivity contribution in [2.24, 2.45) is 4.99 Å². The molecule has 23 heavy (non-hydrogen) atoms. The van der Waals surface area contributed by atoms with E-state index in [1.165, 1.54) is 0 Å². The van der Waals surface area contributed by atoms with Crippen LogP contribution in [0.2, 0.25) is 0 Å². The minimum atomic E-state index is -0.422. The number of aliphatic hydroxyl groups excluding tert-OH is 1. The van der Waals surface area contributed by atoms with Gasteiger partial charge in [0.25, 0.3) is 0 Å². The zero-order chi connectivity index (χ0) is 16.3. The van der Waals surface area contributed by atoms with E-state index in [0.717, 1.165) is 24.2 Å². The zero-order valence-electron chi connectivity index (χ0n) is 13.4. The standard InChI is InChI=1S/C18H24N4O/c1-15(23)13-21-18(22-14-16-7-3-2-4-8-16)20-12-10-17-9-5-6-11-19-17/h2-9,11,15,23H,10,12-14H2,1H3,(H2,20,21,22)/t15-/m1/s1. The molecule has 5 heteroatoms. The minimum absolute atomic E-state index is 0.422. The first-order valence-electron chi connectivity index (χ1n) is 7.88. The van der Waals surface area contributed by atoms with E-state index in [4.69, 9.17) is 0 Å². The van der Waals surface area contributed by atoms with Gasteiger partial charge in [-0.05, 0) is 24.6 Å². The van der Waals surface area contributed by atoms with Gasteiger partial charge in [0.1, 0.15) is 0 Å². The van der Waals surface area contributed by atoms with E-state index in [9.17, 15) is 5.11 Å². The average molecular weight is 312 g/mol. The molecule has 0 aliphatic carbocycles. The van der Waals surface area contributed by atoms with Gasteiger partial charge < -0.3 is 15.7 Å². The molecule has 0 saturated carbocycles. The molecule has 2 rings (SSSR count). The molecule has 1 aromatic heterocycles. The summed E-state index contributed by atoms with van der Waals surface area (Å²) in [5.41, 5.74) is 2.19. The van der Waals surface area contributed by atoms with Crippen molar-refractivity contribution in [2.45, 2.75) is 26.0 Å². The molecule has 0 radical (unpaired) electrons. The molecule has 0 aliphatic rings. The van der Waals surface area contributed by atoms with Crippen LogP contribution in [0.15, 0.2) is 59.7 Å². The second-order valence-corrected chi connectivity index (χ2v) is 5.38. The van der Waals surface area contributed by atoms with Gasteiger partial charge >= 0.3 is 0 Å². The van der Waals surface area contributed by atoms with Gasteiger partial charge in [-0.15, -0.1) is 0 Å². The van der Waals surface area contributed by atoms with E-state index >= 15 is 0 Å². The number of guanidine groups is 1. The molecule has 0 unspecified atom stereocenters. The molecule has 122 valence electrons. The van der Waals surface area contributed by atoms with E-state index in [-0.39, 0.29) is 0 Å². The maximum atomic E-state index is 9.43. The number of aliphatic imine (C=N–C) groups is 1. The van der Waals surface area contributed by atoms with Crippen LogP contribution < -0.4 is 10.6 Å². The van der Waals surface area contributed by atoms with Crippen LogP contribution in [0, 0.1) is 0 Å². The molecule has 1 heterocycles. The fourth-order valence-electron chi connectivity index (χ4n) is 2.03. The number of aliphatic hydroxyl groups is 1. The third-order valence-corrected chi connectivity index (χ3v) is 3.23. The minimum Gasteiger partial charge on any atom is -0.392 e. The lowest BCUT2D eigenvalue weighted by molar-refractivity contribution is 0.197. The number of rotatable bonds is 7. The molecular weight excluding hydrogens is 288 g/mol. The Hall–Kier alpha value is -2.40. The number of hydrogen-bond acceptors (Lipinski definition) is 3. The van der Waals surface area contributed by atoms with Crippen LogP contribution in [0.1, 0.15) is 18.2 Å². The second kappa shape index (κ2) is 9.58. The smallest absolute Gasteiger partial charge is 0.191 e. The quantitative estimate of drug-likeness (QED) is 0.538. The number of benzene rings is 1. The van der Waals surface area contributed by atoms with Crippen molar-refractivity contribution < 1.29 is 5.11 Å². The molecule has 5 nitrogen and oxygen atoms in total. The summed E-state index contributed by atoms with van der Waals surface area (Å²) >= 11 is 0. The van der Waals surface area contributed by atoms with Crippen molar-refractivity contribution in [3.8, 4) is 0 Å². The van der Waals surface area contributed by atoms with Crippen LogP contribution >= 0.6 is 0 Å². The zero-order valence-corrected chi connectivity index (χ0v) is 13.4. The van der Waals surface area contributed by atoms with Crippen LogP contribution in [0.4, 0.5) is 0 Å². The van der Waals surface area contributed by atoms with Gasteiger partial charge in [0.05, 0.1) is 12.6 Å². The predicted octanol–water partition coefficient (Wildman–Crippen LogP) is 1.74. The Morgan fingerprint density at radius 2 is 1.91 bits per heavy atom. The highest BCUT2D eigenvalue weighted by Crippen LogP contribution is 2.00. The molecule has 0 aliphatic heterocycles. The van der Waals surface area contributed by atoms with E-state index in [1.54, 1.807) is 13.1 Å². The Labute approximate surface area is 137 Å². The van der Waals surface area contributed by atoms with E-state index in [2.05, 4.69) is 20.6 Å². The van der Waals surface area contributed by atoms with Crippen LogP contribution in [-0.2, 0) is 13.0 Å². The molecule has 0 spiro atoms. The van der Waals surface area contributed by atoms with Crippen molar-refractivity contribution in [1.82, 2.24) is 15.6 Å². The number of nitrogens with zero attached hydrogens (tertiary/aromatic N) is 2. The van der Waals surface area contributed by atoms with Crippen LogP contribution in [0.25, 0.3) is 0 Å². The highest BCUT2D eigenvalue weighted by Gasteiger charge is 2.02. The van der Waals surface area contributed by atoms with E-state index in [1.807, 2.05) is 48.5 Å². The van der Waals surface area contributed by atoms with Crippen molar-refractivity contribution >= 4 is 5.96 Å². The van der Waals surface area contributed by atoms with Crippen molar-refractivity contribution in [3.05, 3.63) is 66.0 Å². The Morgan fingerprint density at radius 3 is 2.61 bits per heavy atom. The predicted molar refractivity (Wildman–Crippen MR) is 93.2 cm³/mol. The Kier molecular flexibility index (Phi) is 7.07. The Bertz CT molecular complexity index is 584. The molecule has 0 bridgehead atoms. The Balaban J connectivity index is 1.88. The molecule has 0 saturated heterocycles. The molecule has 0 amide bonds. The summed E-state index contributed by atoms with van der Waals surface area (Å²) < 4.78 is 0. The van der Waals surface area contributed by atoms with E-state index < -0.39 is 6.10 Å². The lowest BCUT2D eigenvalue weighted by Gasteiger charge is -2.13. The SMILES string of the molecule is C[C@@H](O)CNC(=NCc1ccccc1)NCCc1ccccn1. The molecule has 1 atom stereocenters. The summed E-state index contributed by atoms with van der Waals surface area (Å²) in [7, 11) is 0. The molecule has 3 N–H and O–H groups in total. The van der Waals surface area contributed by atoms with Gasteiger partial charge in [-0.1, -0.05) is 36.4 Å². The first-order chi connectivity index (χ1) is 11.2. The monoisotopic (exact) mass is 312 g/mol. The van der Waals surface area contributed by atoms with Crippen molar-refractivity contribution in [2.75, 3.05) is 13.1 Å². The third-order valence-electron chi connectivity index (χ3n) is 3.23. The second-order valence-electron chi connectivity index (χ2n) is 5.38. The summed E-state index contributed by atoms with van der Waals surface area (Å²) in [5.74, 6) is 0.700. The van der Waals surface area contributed by atoms with Crippen LogP contribution in [0.3, 0.4) is 0 Å². The number of nitrogens with one attached hydrogen (secondary N) is 2. The summed E-state index contributed by atoms with van der Waals surface area (Å²) in [4.78, 5) is 8.86. The first-order valence-corrected chi connectivity index (χ1v) is 7.88. The maximum absolute atomic E-state index is 9.43. The largest absolute Gasteiger partial charge is 0.392 e. The van der Waals surface area contributed by atoms with Gasteiger partial charge in [0, 0.05) is 31.4 Å². The first kappa shape index (κ1) is 17.0. The lowest BCUT2D eigenvalue weighted by atomic mass is 10.2. The fourth-order valence-corrected chi connectivity index (χ4v) is 2.03. The van der Waals surface area contributed by atoms with E-state index in [0.29, 0.717) is 19.0 Å². The normalized spacial score (nSPS) is 12.7. The maximum Gasteiger partial charge on any atom is 0.191 e. The third kappa shape index (κ3) is 6.93. The van der Waals surface area contributed by atoms with Gasteiger partial charge in [-0.3, -0.25) is 4.98 Å². The van der Waals surface area contributed by atoms with Crippen LogP contribution in [0.5, 0.6) is 0 Å². The van der Waals surface area contributed by atoms with Gasteiger partial charge in [0.15, 0.2) is 5.96 Å². The molecular formula is C18H24N4O. The summed E-state index contributed by atoms with van der Waals surface area (Å²) in [6.45, 7) is 3.54. The van der Waals surface area contributed by atoms with Crippen molar-refractivity contribution in [3.63, 3.8) is 0 Å². The lowest BCUT2D eigenvalue weighted by Crippen LogP contribution is -2.41. The highest BCUT2D eigenvalue weighted by molar-refractivity contribution is 5.79. The van der Waals surface area contributed by atoms with Gasteiger partial charge in [0.2, 0.25) is 0 Å². The number of hydrogen-bond donors (Lipinski definition) is 3. The van der Waals surface area contributed by atoms with Crippen LogP contribution in [-0.4, -0.2) is 35.2 Å². The summed E-state index contributed by atoms with van der Waals surface area (Å²) in [5, 5.41) is 15.9. The molecule has 0 fully saturated rings. The molecule has 1 aromatic carbocycles.